The predicted octanol–water partition coefficient (Wildman–Crippen LogP) is 5.58. The fourth-order valence-electron chi connectivity index (χ4n) is 3.34. The van der Waals surface area contributed by atoms with Gasteiger partial charge in [-0.3, -0.25) is 4.79 Å². The molecular formula is C25H26O4. The smallest absolute Gasteiger partial charge is 0.303 e. The van der Waals surface area contributed by atoms with Gasteiger partial charge in [-0.05, 0) is 66.8 Å². The zero-order valence-electron chi connectivity index (χ0n) is 17.1. The standard InChI is InChI=1S/C25H26O4/c1-17-4-11-22(18(2)14-17)23-15-20(7-12-24(23)28-3)16-29-21-9-5-19(6-10-21)8-13-25(26)27/h4-7,9-12,14-15H,8,13,16H2,1-3H3,(H,26,27). The zero-order valence-corrected chi connectivity index (χ0v) is 17.1. The molecule has 0 aromatic heterocycles. The lowest BCUT2D eigenvalue weighted by atomic mass is 9.96. The summed E-state index contributed by atoms with van der Waals surface area (Å²) in [6, 6.07) is 20.1. The number of benzene rings is 3. The van der Waals surface area contributed by atoms with E-state index >= 15 is 0 Å². The van der Waals surface area contributed by atoms with E-state index in [1.54, 1.807) is 7.11 Å². The zero-order chi connectivity index (χ0) is 20.8. The molecule has 4 nitrogen and oxygen atoms in total. The first-order chi connectivity index (χ1) is 14.0. The Hall–Kier alpha value is -3.27. The number of carboxylic acids is 1. The first kappa shape index (κ1) is 20.5. The van der Waals surface area contributed by atoms with Gasteiger partial charge in [0.05, 0.1) is 7.11 Å². The molecule has 29 heavy (non-hydrogen) atoms. The van der Waals surface area contributed by atoms with Gasteiger partial charge in [-0.25, -0.2) is 0 Å². The molecule has 0 aliphatic heterocycles. The monoisotopic (exact) mass is 390 g/mol. The number of carbonyl (C=O) groups is 1. The van der Waals surface area contributed by atoms with Crippen molar-refractivity contribution in [3.05, 3.63) is 82.9 Å². The number of hydrogen-bond acceptors (Lipinski definition) is 3. The molecular weight excluding hydrogens is 364 g/mol. The molecule has 0 saturated heterocycles. The van der Waals surface area contributed by atoms with E-state index < -0.39 is 5.97 Å². The van der Waals surface area contributed by atoms with Crippen LogP contribution in [0.3, 0.4) is 0 Å². The number of aryl methyl sites for hydroxylation is 3. The van der Waals surface area contributed by atoms with Gasteiger partial charge in [0, 0.05) is 12.0 Å². The molecule has 0 fully saturated rings. The van der Waals surface area contributed by atoms with Gasteiger partial charge in [0.1, 0.15) is 18.1 Å². The molecule has 0 bridgehead atoms. The number of carboxylic acid groups (broad SMARTS) is 1. The molecule has 150 valence electrons. The molecule has 0 spiro atoms. The summed E-state index contributed by atoms with van der Waals surface area (Å²) in [4.78, 5) is 10.7. The fraction of sp³-hybridized carbons (Fsp3) is 0.240. The van der Waals surface area contributed by atoms with Crippen LogP contribution in [0.5, 0.6) is 11.5 Å². The van der Waals surface area contributed by atoms with E-state index in [9.17, 15) is 4.79 Å². The summed E-state index contributed by atoms with van der Waals surface area (Å²) in [5, 5.41) is 8.78. The van der Waals surface area contributed by atoms with Gasteiger partial charge in [-0.15, -0.1) is 0 Å². The molecule has 4 heteroatoms. The number of methoxy groups -OCH3 is 1. The highest BCUT2D eigenvalue weighted by Gasteiger charge is 2.10. The Labute approximate surface area is 171 Å². The Bertz CT molecular complexity index is 990. The van der Waals surface area contributed by atoms with Crippen molar-refractivity contribution >= 4 is 5.97 Å². The van der Waals surface area contributed by atoms with Crippen LogP contribution in [0.15, 0.2) is 60.7 Å². The lowest BCUT2D eigenvalue weighted by molar-refractivity contribution is -0.136. The third kappa shape index (κ3) is 5.38. The Morgan fingerprint density at radius 1 is 0.897 bits per heavy atom. The highest BCUT2D eigenvalue weighted by atomic mass is 16.5. The second-order valence-electron chi connectivity index (χ2n) is 7.18. The minimum Gasteiger partial charge on any atom is -0.496 e. The van der Waals surface area contributed by atoms with Gasteiger partial charge in [0.15, 0.2) is 0 Å². The van der Waals surface area contributed by atoms with E-state index in [0.29, 0.717) is 13.0 Å². The predicted molar refractivity (Wildman–Crippen MR) is 115 cm³/mol. The van der Waals surface area contributed by atoms with Crippen LogP contribution in [0.2, 0.25) is 0 Å². The minimum atomic E-state index is -0.788. The van der Waals surface area contributed by atoms with Gasteiger partial charge < -0.3 is 14.6 Å². The van der Waals surface area contributed by atoms with Crippen molar-refractivity contribution in [2.75, 3.05) is 7.11 Å². The lowest BCUT2D eigenvalue weighted by Crippen LogP contribution is -1.99. The first-order valence-corrected chi connectivity index (χ1v) is 9.64. The van der Waals surface area contributed by atoms with Crippen LogP contribution in [0, 0.1) is 13.8 Å². The van der Waals surface area contributed by atoms with Crippen LogP contribution in [-0.4, -0.2) is 18.2 Å². The van der Waals surface area contributed by atoms with Crippen LogP contribution < -0.4 is 9.47 Å². The minimum absolute atomic E-state index is 0.132. The van der Waals surface area contributed by atoms with Crippen molar-refractivity contribution in [3.8, 4) is 22.6 Å². The van der Waals surface area contributed by atoms with Gasteiger partial charge in [0.25, 0.3) is 0 Å². The van der Waals surface area contributed by atoms with Crippen LogP contribution in [-0.2, 0) is 17.8 Å². The third-order valence-corrected chi connectivity index (χ3v) is 4.89. The molecule has 1 N–H and O–H groups in total. The summed E-state index contributed by atoms with van der Waals surface area (Å²) < 4.78 is 11.5. The average molecular weight is 390 g/mol. The highest BCUT2D eigenvalue weighted by Crippen LogP contribution is 2.33. The Kier molecular flexibility index (Phi) is 6.55. The Morgan fingerprint density at radius 3 is 2.28 bits per heavy atom. The fourth-order valence-corrected chi connectivity index (χ4v) is 3.34. The van der Waals surface area contributed by atoms with Crippen molar-refractivity contribution < 1.29 is 19.4 Å². The Morgan fingerprint density at radius 2 is 1.62 bits per heavy atom. The summed E-state index contributed by atoms with van der Waals surface area (Å²) in [5.41, 5.74) is 6.68. The summed E-state index contributed by atoms with van der Waals surface area (Å²) in [5.74, 6) is 0.806. The SMILES string of the molecule is COc1ccc(COc2ccc(CCC(=O)O)cc2)cc1-c1ccc(C)cc1C. The van der Waals surface area contributed by atoms with Crippen LogP contribution >= 0.6 is 0 Å². The van der Waals surface area contributed by atoms with Gasteiger partial charge in [-0.1, -0.05) is 42.0 Å². The molecule has 0 amide bonds. The summed E-state index contributed by atoms with van der Waals surface area (Å²) in [6.45, 7) is 4.64. The van der Waals surface area contributed by atoms with Gasteiger partial charge in [0.2, 0.25) is 0 Å². The number of hydrogen-bond donors (Lipinski definition) is 1. The second kappa shape index (κ2) is 9.28. The summed E-state index contributed by atoms with van der Waals surface area (Å²) >= 11 is 0. The normalized spacial score (nSPS) is 10.6. The van der Waals surface area contributed by atoms with E-state index in [-0.39, 0.29) is 6.42 Å². The van der Waals surface area contributed by atoms with Crippen molar-refractivity contribution in [1.29, 1.82) is 0 Å². The van der Waals surface area contributed by atoms with E-state index in [0.717, 1.165) is 33.8 Å². The van der Waals surface area contributed by atoms with Gasteiger partial charge in [-0.2, -0.15) is 0 Å². The molecule has 0 radical (unpaired) electrons. The Balaban J connectivity index is 1.74. The highest BCUT2D eigenvalue weighted by molar-refractivity contribution is 5.74. The first-order valence-electron chi connectivity index (χ1n) is 9.64. The second-order valence-corrected chi connectivity index (χ2v) is 7.18. The van der Waals surface area contributed by atoms with E-state index in [1.807, 2.05) is 36.4 Å². The summed E-state index contributed by atoms with van der Waals surface area (Å²) in [6.07, 6.45) is 0.653. The van der Waals surface area contributed by atoms with Crippen LogP contribution in [0.25, 0.3) is 11.1 Å². The molecule has 0 unspecified atom stereocenters. The number of ether oxygens (including phenoxy) is 2. The van der Waals surface area contributed by atoms with Crippen molar-refractivity contribution in [2.24, 2.45) is 0 Å². The maximum atomic E-state index is 10.7. The molecule has 0 aliphatic carbocycles. The van der Waals surface area contributed by atoms with Crippen molar-refractivity contribution in [2.45, 2.75) is 33.3 Å². The van der Waals surface area contributed by atoms with E-state index in [1.165, 1.54) is 11.1 Å². The third-order valence-electron chi connectivity index (χ3n) is 4.89. The van der Waals surface area contributed by atoms with E-state index in [2.05, 4.69) is 38.1 Å². The molecule has 3 aromatic carbocycles. The van der Waals surface area contributed by atoms with Crippen LogP contribution in [0.4, 0.5) is 0 Å². The number of rotatable bonds is 8. The molecule has 3 rings (SSSR count). The molecule has 0 saturated carbocycles. The molecule has 0 heterocycles. The lowest BCUT2D eigenvalue weighted by Gasteiger charge is -2.14. The number of aliphatic carboxylic acids is 1. The topological polar surface area (TPSA) is 55.8 Å². The van der Waals surface area contributed by atoms with E-state index in [4.69, 9.17) is 14.6 Å². The van der Waals surface area contributed by atoms with Crippen molar-refractivity contribution in [1.82, 2.24) is 0 Å². The molecule has 0 atom stereocenters. The maximum Gasteiger partial charge on any atom is 0.303 e. The molecule has 0 aliphatic rings. The summed E-state index contributed by atoms with van der Waals surface area (Å²) in [7, 11) is 1.68. The molecule has 3 aromatic rings. The van der Waals surface area contributed by atoms with Gasteiger partial charge >= 0.3 is 5.97 Å². The van der Waals surface area contributed by atoms with Crippen molar-refractivity contribution in [3.63, 3.8) is 0 Å². The average Bonchev–Trinajstić information content (AvgIpc) is 2.71. The largest absolute Gasteiger partial charge is 0.496 e. The quantitative estimate of drug-likeness (QED) is 0.546. The van der Waals surface area contributed by atoms with Crippen LogP contribution in [0.1, 0.15) is 28.7 Å². The maximum absolute atomic E-state index is 10.7.